The third kappa shape index (κ3) is 3.37. The Morgan fingerprint density at radius 3 is 1.31 bits per heavy atom. The Hall–Kier alpha value is -2.98. The van der Waals surface area contributed by atoms with Gasteiger partial charge in [-0.2, -0.15) is 0 Å². The van der Waals surface area contributed by atoms with Crippen molar-refractivity contribution >= 4 is 72.5 Å². The first-order valence-electron chi connectivity index (χ1n) is 12.5. The molecule has 174 valence electrons. The fourth-order valence-corrected chi connectivity index (χ4v) is 17.8. The third-order valence-electron chi connectivity index (χ3n) is 7.17. The molecule has 5 aromatic rings. The standard InChI is InChI=1S/C33H27As2N/c1-22-14-16-31-27(18-22)34(25-10-6-4-7-11-25)29-20-24(3)21-30-33(29)36(31)32-17-15-23(2)19-28(32)35(30)26-12-8-5-9-13-26/h4-21H,1-3H3. The number of nitrogens with zero attached hydrogens (tertiary/aromatic N) is 1. The molecule has 36 heavy (non-hydrogen) atoms. The zero-order chi connectivity index (χ0) is 24.4. The van der Waals surface area contributed by atoms with Gasteiger partial charge >= 0.3 is 224 Å². The van der Waals surface area contributed by atoms with Gasteiger partial charge in [-0.3, -0.25) is 0 Å². The van der Waals surface area contributed by atoms with E-state index in [-0.39, 0.29) is 0 Å². The van der Waals surface area contributed by atoms with Crippen molar-refractivity contribution in [2.45, 2.75) is 20.8 Å². The molecule has 5 aromatic carbocycles. The Kier molecular flexibility index (Phi) is 5.28. The van der Waals surface area contributed by atoms with E-state index in [9.17, 15) is 0 Å². The first-order chi connectivity index (χ1) is 17.6. The van der Waals surface area contributed by atoms with Gasteiger partial charge < -0.3 is 0 Å². The van der Waals surface area contributed by atoms with Crippen molar-refractivity contribution in [1.29, 1.82) is 0 Å². The van der Waals surface area contributed by atoms with E-state index < -0.39 is 29.3 Å². The van der Waals surface area contributed by atoms with Crippen LogP contribution in [-0.4, -0.2) is 29.3 Å². The van der Waals surface area contributed by atoms with Crippen molar-refractivity contribution in [2.24, 2.45) is 0 Å². The van der Waals surface area contributed by atoms with Gasteiger partial charge in [0.25, 0.3) is 0 Å². The fourth-order valence-electron chi connectivity index (χ4n) is 5.65. The predicted molar refractivity (Wildman–Crippen MR) is 158 cm³/mol. The van der Waals surface area contributed by atoms with Crippen molar-refractivity contribution < 1.29 is 0 Å². The van der Waals surface area contributed by atoms with Crippen molar-refractivity contribution in [1.82, 2.24) is 0 Å². The second-order valence-corrected chi connectivity index (χ2v) is 18.8. The number of fused-ring (bicyclic) bond motifs is 4. The van der Waals surface area contributed by atoms with E-state index >= 15 is 0 Å². The van der Waals surface area contributed by atoms with Gasteiger partial charge in [0.15, 0.2) is 0 Å². The van der Waals surface area contributed by atoms with Crippen LogP contribution in [0, 0.1) is 20.8 Å². The summed E-state index contributed by atoms with van der Waals surface area (Å²) < 4.78 is 9.29. The summed E-state index contributed by atoms with van der Waals surface area (Å²) in [5.41, 5.74) is 8.34. The van der Waals surface area contributed by atoms with Crippen LogP contribution in [0.5, 0.6) is 0 Å². The van der Waals surface area contributed by atoms with Crippen molar-refractivity contribution in [3.05, 3.63) is 126 Å². The van der Waals surface area contributed by atoms with Crippen LogP contribution in [-0.2, 0) is 0 Å². The number of aryl methyl sites for hydroxylation is 3. The molecule has 0 fully saturated rings. The van der Waals surface area contributed by atoms with Gasteiger partial charge in [-0.25, -0.2) is 0 Å². The van der Waals surface area contributed by atoms with Crippen molar-refractivity contribution in [2.75, 3.05) is 4.90 Å². The fraction of sp³-hybridized carbons (Fsp3) is 0.0909. The van der Waals surface area contributed by atoms with E-state index in [0.717, 1.165) is 0 Å². The summed E-state index contributed by atoms with van der Waals surface area (Å²) in [6.45, 7) is 6.77. The van der Waals surface area contributed by atoms with Gasteiger partial charge in [-0.1, -0.05) is 0 Å². The summed E-state index contributed by atoms with van der Waals surface area (Å²) in [7, 11) is 0. The van der Waals surface area contributed by atoms with Crippen LogP contribution in [0.4, 0.5) is 17.1 Å². The third-order valence-corrected chi connectivity index (χ3v) is 17.6. The zero-order valence-electron chi connectivity index (χ0n) is 20.7. The molecule has 2 aliphatic heterocycles. The van der Waals surface area contributed by atoms with Crippen LogP contribution in [0.2, 0.25) is 0 Å². The van der Waals surface area contributed by atoms with Gasteiger partial charge in [0.05, 0.1) is 0 Å². The Morgan fingerprint density at radius 1 is 0.444 bits per heavy atom. The molecule has 1 nitrogen and oxygen atoms in total. The van der Waals surface area contributed by atoms with Crippen LogP contribution in [0.3, 0.4) is 0 Å². The van der Waals surface area contributed by atoms with Crippen molar-refractivity contribution in [3.8, 4) is 0 Å². The molecule has 0 saturated heterocycles. The van der Waals surface area contributed by atoms with Crippen LogP contribution in [0.1, 0.15) is 16.7 Å². The molecule has 2 unspecified atom stereocenters. The van der Waals surface area contributed by atoms with Crippen LogP contribution in [0.15, 0.2) is 109 Å². The van der Waals surface area contributed by atoms with Crippen LogP contribution in [0.25, 0.3) is 0 Å². The molecule has 0 bridgehead atoms. The minimum atomic E-state index is -1.74. The molecule has 2 heterocycles. The Morgan fingerprint density at radius 2 is 0.861 bits per heavy atom. The summed E-state index contributed by atoms with van der Waals surface area (Å²) in [4.78, 5) is 2.62. The molecule has 0 aromatic heterocycles. The molecule has 0 spiro atoms. The average molecular weight is 587 g/mol. The number of hydrogen-bond donors (Lipinski definition) is 0. The van der Waals surface area contributed by atoms with E-state index in [1.54, 1.807) is 17.4 Å². The van der Waals surface area contributed by atoms with Crippen LogP contribution < -0.4 is 31.0 Å². The summed E-state index contributed by atoms with van der Waals surface area (Å²) in [5.74, 6) is 0. The van der Waals surface area contributed by atoms with E-state index in [1.165, 1.54) is 42.5 Å². The molecule has 0 N–H and O–H groups in total. The van der Waals surface area contributed by atoms with Crippen LogP contribution >= 0.6 is 0 Å². The molecule has 2 aliphatic rings. The summed E-state index contributed by atoms with van der Waals surface area (Å²) in [5, 5.41) is 0. The molecule has 3 heteroatoms. The van der Waals surface area contributed by atoms with Crippen molar-refractivity contribution in [3.63, 3.8) is 0 Å². The quantitative estimate of drug-likeness (QED) is 0.279. The Balaban J connectivity index is 1.61. The molecule has 2 atom stereocenters. The van der Waals surface area contributed by atoms with Gasteiger partial charge in [0, 0.05) is 0 Å². The molecule has 7 rings (SSSR count). The normalized spacial score (nSPS) is 17.2. The molecule has 0 radical (unpaired) electrons. The van der Waals surface area contributed by atoms with Gasteiger partial charge in [-0.15, -0.1) is 0 Å². The second kappa shape index (κ2) is 8.55. The Labute approximate surface area is 223 Å². The molecule has 0 amide bonds. The number of benzene rings is 5. The first kappa shape index (κ1) is 22.2. The van der Waals surface area contributed by atoms with Gasteiger partial charge in [0.2, 0.25) is 0 Å². The van der Waals surface area contributed by atoms with Gasteiger partial charge in [0.1, 0.15) is 0 Å². The van der Waals surface area contributed by atoms with E-state index in [2.05, 4.69) is 135 Å². The maximum absolute atomic E-state index is 2.62. The number of rotatable bonds is 2. The second-order valence-electron chi connectivity index (χ2n) is 9.81. The number of hydrogen-bond acceptors (Lipinski definition) is 1. The molecule has 0 saturated carbocycles. The monoisotopic (exact) mass is 587 g/mol. The SMILES string of the molecule is Cc1ccc2c(c1)[As](c1ccccc1)c1cc(C)cc3c1N2c1ccc(C)cc1[As]3c1ccccc1. The Bertz CT molecular complexity index is 1510. The average Bonchev–Trinajstić information content (AvgIpc) is 2.89. The molecule has 0 aliphatic carbocycles. The van der Waals surface area contributed by atoms with E-state index in [1.807, 2.05) is 0 Å². The maximum atomic E-state index is 2.62. The zero-order valence-corrected chi connectivity index (χ0v) is 24.5. The summed E-state index contributed by atoms with van der Waals surface area (Å²) in [6.07, 6.45) is 0. The first-order valence-corrected chi connectivity index (χ1v) is 18.1. The topological polar surface area (TPSA) is 3.24 Å². The molecular formula is C33H27As2N. The predicted octanol–water partition coefficient (Wildman–Crippen LogP) is 3.74. The minimum absolute atomic E-state index is 1.35. The van der Waals surface area contributed by atoms with E-state index in [0.29, 0.717) is 0 Å². The van der Waals surface area contributed by atoms with Gasteiger partial charge in [-0.05, 0) is 0 Å². The number of anilines is 3. The van der Waals surface area contributed by atoms with E-state index in [4.69, 9.17) is 0 Å². The molecular weight excluding hydrogens is 560 g/mol. The summed E-state index contributed by atoms with van der Waals surface area (Å²) in [6, 6.07) is 42.0. The summed E-state index contributed by atoms with van der Waals surface area (Å²) >= 11 is -3.48.